The summed E-state index contributed by atoms with van der Waals surface area (Å²) in [4.78, 5) is 0. The van der Waals surface area contributed by atoms with E-state index >= 15 is 0 Å². The minimum Gasteiger partial charge on any atom is -0.221 e. The maximum atomic E-state index is 6.62. The normalized spacial score (nSPS) is 3.60. The second-order valence-corrected chi connectivity index (χ2v) is 0.0816. The molecule has 0 heterocycles. The van der Waals surface area contributed by atoms with Crippen LogP contribution in [0.4, 0.5) is 0 Å². The Labute approximate surface area is 63.6 Å². The van der Waals surface area contributed by atoms with E-state index in [0.29, 0.717) is 0 Å². The first-order chi connectivity index (χ1) is 1.41. The van der Waals surface area contributed by atoms with E-state index in [1.807, 2.05) is 0 Å². The average molecular weight is 290 g/mol. The molecule has 0 fully saturated rings. The summed E-state index contributed by atoms with van der Waals surface area (Å²) in [5.74, 6) is 0. The molecule has 7 radical (unpaired) electrons. The third-order valence-corrected chi connectivity index (χ3v) is 0. The quantitative estimate of drug-likeness (QED) is 0.348. The van der Waals surface area contributed by atoms with Gasteiger partial charge in [0.05, 0.1) is 0 Å². The van der Waals surface area contributed by atoms with Gasteiger partial charge in [0.1, 0.15) is 0 Å². The maximum absolute atomic E-state index is 6.62. The second kappa shape index (κ2) is 17.8. The zero-order valence-electron chi connectivity index (χ0n) is 2.25. The zero-order chi connectivity index (χ0) is 2.71. The fraction of sp³-hybridized carbons (Fsp3) is 0. The minimum atomic E-state index is 0. The third-order valence-electron chi connectivity index (χ3n) is 0. The van der Waals surface area contributed by atoms with Crippen molar-refractivity contribution in [1.82, 2.24) is 0 Å². The summed E-state index contributed by atoms with van der Waals surface area (Å²) in [7, 11) is 0. The van der Waals surface area contributed by atoms with Gasteiger partial charge in [-0.05, 0) is 0 Å². The van der Waals surface area contributed by atoms with Crippen molar-refractivity contribution in [2.75, 3.05) is 0 Å². The molecule has 5 heteroatoms. The summed E-state index contributed by atoms with van der Waals surface area (Å²) in [5, 5.41) is 15.5. The SMILES string of the molecule is OOO.[Sb].[Sn]. The van der Waals surface area contributed by atoms with Crippen LogP contribution in [0.5, 0.6) is 0 Å². The topological polar surface area (TPSA) is 49.7 Å². The van der Waals surface area contributed by atoms with Crippen LogP contribution in [0, 0.1) is 0 Å². The molecular formula is H2O3SbSn. The Hall–Kier alpha value is 1.50. The van der Waals surface area contributed by atoms with Gasteiger partial charge in [0.15, 0.2) is 0 Å². The van der Waals surface area contributed by atoms with Gasteiger partial charge in [0, 0.05) is 48.3 Å². The van der Waals surface area contributed by atoms with Crippen LogP contribution in [-0.2, 0) is 5.04 Å². The summed E-state index contributed by atoms with van der Waals surface area (Å²) >= 11 is 0. The van der Waals surface area contributed by atoms with Crippen molar-refractivity contribution < 1.29 is 15.6 Å². The molecule has 0 amide bonds. The molecule has 0 saturated heterocycles. The average Bonchev–Trinajstić information content (AvgIpc) is 0.918. The Kier molecular flexibility index (Phi) is 57.2. The van der Waals surface area contributed by atoms with Gasteiger partial charge in [0.25, 0.3) is 0 Å². The predicted octanol–water partition coefficient (Wildman–Crippen LogP) is -0.813. The molecule has 0 rings (SSSR count). The van der Waals surface area contributed by atoms with Crippen LogP contribution in [0.2, 0.25) is 0 Å². The van der Waals surface area contributed by atoms with Crippen LogP contribution in [0.1, 0.15) is 0 Å². The fourth-order valence-electron chi connectivity index (χ4n) is 0. The molecule has 0 aliphatic rings. The van der Waals surface area contributed by atoms with Crippen molar-refractivity contribution >= 4 is 48.3 Å². The Morgan fingerprint density at radius 1 is 1.20 bits per heavy atom. The Morgan fingerprint density at radius 2 is 1.20 bits per heavy atom. The van der Waals surface area contributed by atoms with Crippen LogP contribution in [0.25, 0.3) is 0 Å². The smallest absolute Gasteiger partial charge is 0 e. The Bertz CT molecular complexity index is 6.85. The van der Waals surface area contributed by atoms with Gasteiger partial charge >= 0.3 is 0 Å². The van der Waals surface area contributed by atoms with Crippen LogP contribution >= 0.6 is 0 Å². The first-order valence-corrected chi connectivity index (χ1v) is 0.365. The Morgan fingerprint density at radius 3 is 1.20 bits per heavy atom. The minimum absolute atomic E-state index is 0. The van der Waals surface area contributed by atoms with Crippen molar-refractivity contribution in [2.24, 2.45) is 0 Å². The molecule has 3 nitrogen and oxygen atoms in total. The van der Waals surface area contributed by atoms with E-state index in [2.05, 4.69) is 5.04 Å². The van der Waals surface area contributed by atoms with Crippen LogP contribution < -0.4 is 0 Å². The van der Waals surface area contributed by atoms with E-state index in [-0.39, 0.29) is 48.3 Å². The van der Waals surface area contributed by atoms with Gasteiger partial charge in [0.2, 0.25) is 0 Å². The van der Waals surface area contributed by atoms with E-state index in [0.717, 1.165) is 0 Å². The summed E-state index contributed by atoms with van der Waals surface area (Å²) < 4.78 is 0. The number of rotatable bonds is 0. The molecule has 0 aromatic carbocycles. The summed E-state index contributed by atoms with van der Waals surface area (Å²) in [6, 6.07) is 0. The molecule has 0 bridgehead atoms. The summed E-state index contributed by atoms with van der Waals surface area (Å²) in [6.45, 7) is 0. The molecule has 29 valence electrons. The molecule has 0 unspecified atom stereocenters. The molecule has 0 saturated carbocycles. The van der Waals surface area contributed by atoms with Crippen LogP contribution in [-0.4, -0.2) is 58.9 Å². The molecule has 0 atom stereocenters. The van der Waals surface area contributed by atoms with Gasteiger partial charge in [-0.3, -0.25) is 0 Å². The first-order valence-electron chi connectivity index (χ1n) is 0.365. The predicted molar refractivity (Wildman–Crippen MR) is 17.9 cm³/mol. The van der Waals surface area contributed by atoms with Gasteiger partial charge in [-0.2, -0.15) is 0 Å². The summed E-state index contributed by atoms with van der Waals surface area (Å²) in [5.41, 5.74) is 0. The molecule has 2 N–H and O–H groups in total. The molecule has 0 spiro atoms. The maximum Gasteiger partial charge on any atom is 0 e. The van der Waals surface area contributed by atoms with Gasteiger partial charge in [-0.15, -0.1) is 0 Å². The molecule has 5 heavy (non-hydrogen) atoms. The van der Waals surface area contributed by atoms with E-state index in [4.69, 9.17) is 10.5 Å². The van der Waals surface area contributed by atoms with E-state index in [1.165, 1.54) is 0 Å². The standard InChI is InChI=1S/H2O3.Sb.Sn/c1-3-2;;/h1-2H;;. The van der Waals surface area contributed by atoms with E-state index in [1.54, 1.807) is 0 Å². The van der Waals surface area contributed by atoms with Gasteiger partial charge in [-0.1, -0.05) is 5.04 Å². The molecule has 0 aromatic heterocycles. The van der Waals surface area contributed by atoms with Crippen molar-refractivity contribution in [3.63, 3.8) is 0 Å². The number of hydrogen-bond acceptors (Lipinski definition) is 3. The summed E-state index contributed by atoms with van der Waals surface area (Å²) in [6.07, 6.45) is 0. The van der Waals surface area contributed by atoms with Crippen LogP contribution in [0.15, 0.2) is 0 Å². The second-order valence-electron chi connectivity index (χ2n) is 0.0816. The first kappa shape index (κ1) is 16.1. The third kappa shape index (κ3) is 30.0. The van der Waals surface area contributed by atoms with Crippen molar-refractivity contribution in [1.29, 1.82) is 0 Å². The van der Waals surface area contributed by atoms with Crippen LogP contribution in [0.3, 0.4) is 0 Å². The molecule has 0 aromatic rings. The van der Waals surface area contributed by atoms with Gasteiger partial charge < -0.3 is 0 Å². The monoisotopic (exact) mass is 291 g/mol. The fourth-order valence-corrected chi connectivity index (χ4v) is 0. The van der Waals surface area contributed by atoms with Crippen molar-refractivity contribution in [2.45, 2.75) is 0 Å². The van der Waals surface area contributed by atoms with E-state index in [9.17, 15) is 0 Å². The molecule has 0 aliphatic heterocycles. The number of hydrogen-bond donors (Lipinski definition) is 2. The van der Waals surface area contributed by atoms with Gasteiger partial charge in [-0.25, -0.2) is 10.5 Å². The largest absolute Gasteiger partial charge is 0.221 e. The zero-order valence-corrected chi connectivity index (χ0v) is 7.66. The van der Waals surface area contributed by atoms with Crippen molar-refractivity contribution in [3.05, 3.63) is 0 Å². The molecular weight excluding hydrogens is 288 g/mol. The van der Waals surface area contributed by atoms with E-state index < -0.39 is 0 Å². The Balaban J connectivity index is -0.0000000200. The molecule has 0 aliphatic carbocycles. The van der Waals surface area contributed by atoms with Crippen molar-refractivity contribution in [3.8, 4) is 0 Å².